The van der Waals surface area contributed by atoms with Gasteiger partial charge in [0.2, 0.25) is 0 Å². The Morgan fingerprint density at radius 1 is 0.850 bits per heavy atom. The number of rotatable bonds is 4. The minimum absolute atomic E-state index is 0.372. The highest BCUT2D eigenvalue weighted by atomic mass is 16.5. The fourth-order valence-corrected chi connectivity index (χ4v) is 2.28. The van der Waals surface area contributed by atoms with Crippen LogP contribution in [0.3, 0.4) is 0 Å². The molecule has 0 bridgehead atoms. The van der Waals surface area contributed by atoms with Crippen LogP contribution >= 0.6 is 0 Å². The van der Waals surface area contributed by atoms with Crippen LogP contribution in [0.2, 0.25) is 0 Å². The second-order valence-corrected chi connectivity index (χ2v) is 5.74. The van der Waals surface area contributed by atoms with Gasteiger partial charge in [0.15, 0.2) is 0 Å². The fourth-order valence-electron chi connectivity index (χ4n) is 2.28. The third-order valence-corrected chi connectivity index (χ3v) is 3.43. The summed E-state index contributed by atoms with van der Waals surface area (Å²) in [5.41, 5.74) is 9.31. The summed E-state index contributed by atoms with van der Waals surface area (Å²) in [5, 5.41) is 0. The van der Waals surface area contributed by atoms with Crippen molar-refractivity contribution in [1.29, 1.82) is 0 Å². The normalized spacial score (nSPS) is 11.1. The number of hydrogen-bond acceptors (Lipinski definition) is 2. The van der Waals surface area contributed by atoms with Gasteiger partial charge in [0.1, 0.15) is 11.5 Å². The number of benzene rings is 2. The van der Waals surface area contributed by atoms with Gasteiger partial charge < -0.3 is 10.5 Å². The maximum Gasteiger partial charge on any atom is 0.131 e. The van der Waals surface area contributed by atoms with Crippen LogP contribution in [-0.2, 0) is 0 Å². The van der Waals surface area contributed by atoms with E-state index in [1.54, 1.807) is 0 Å². The smallest absolute Gasteiger partial charge is 0.131 e. The molecule has 2 aromatic rings. The maximum absolute atomic E-state index is 6.17. The summed E-state index contributed by atoms with van der Waals surface area (Å²) < 4.78 is 6.06. The van der Waals surface area contributed by atoms with Crippen LogP contribution in [0.1, 0.15) is 50.7 Å². The summed E-state index contributed by atoms with van der Waals surface area (Å²) in [6.45, 7) is 8.60. The topological polar surface area (TPSA) is 35.2 Å². The highest BCUT2D eigenvalue weighted by molar-refractivity contribution is 5.57. The van der Waals surface area contributed by atoms with Crippen molar-refractivity contribution in [3.8, 4) is 11.5 Å². The highest BCUT2D eigenvalue weighted by Crippen LogP contribution is 2.36. The molecule has 0 amide bonds. The predicted molar refractivity (Wildman–Crippen MR) is 85.5 cm³/mol. The fraction of sp³-hybridized carbons (Fsp3) is 0.333. The van der Waals surface area contributed by atoms with E-state index in [1.807, 2.05) is 30.3 Å². The molecule has 0 atom stereocenters. The molecule has 2 N–H and O–H groups in total. The zero-order chi connectivity index (χ0) is 14.7. The molecule has 0 radical (unpaired) electrons. The van der Waals surface area contributed by atoms with E-state index in [4.69, 9.17) is 10.5 Å². The van der Waals surface area contributed by atoms with Crippen molar-refractivity contribution >= 4 is 5.69 Å². The zero-order valence-electron chi connectivity index (χ0n) is 12.7. The first kappa shape index (κ1) is 14.4. The van der Waals surface area contributed by atoms with Crippen LogP contribution in [0.4, 0.5) is 5.69 Å². The van der Waals surface area contributed by atoms with Gasteiger partial charge >= 0.3 is 0 Å². The molecule has 0 aliphatic carbocycles. The molecule has 0 fully saturated rings. The molecule has 2 heteroatoms. The van der Waals surface area contributed by atoms with E-state index in [1.165, 1.54) is 0 Å². The quantitative estimate of drug-likeness (QED) is 0.763. The Kier molecular flexibility index (Phi) is 4.33. The van der Waals surface area contributed by atoms with Gasteiger partial charge in [-0.3, -0.25) is 0 Å². The average Bonchev–Trinajstić information content (AvgIpc) is 2.41. The molecular weight excluding hydrogens is 246 g/mol. The van der Waals surface area contributed by atoms with Gasteiger partial charge in [-0.25, -0.2) is 0 Å². The average molecular weight is 269 g/mol. The Labute approximate surface area is 121 Å². The zero-order valence-corrected chi connectivity index (χ0v) is 12.7. The molecular formula is C18H23NO. The number of nitrogens with two attached hydrogens (primary N) is 1. The van der Waals surface area contributed by atoms with Gasteiger partial charge in [-0.05, 0) is 47.2 Å². The van der Waals surface area contributed by atoms with Gasteiger partial charge in [-0.15, -0.1) is 0 Å². The van der Waals surface area contributed by atoms with E-state index in [2.05, 4.69) is 39.8 Å². The van der Waals surface area contributed by atoms with Crippen molar-refractivity contribution in [3.05, 3.63) is 53.6 Å². The van der Waals surface area contributed by atoms with E-state index < -0.39 is 0 Å². The molecule has 106 valence electrons. The lowest BCUT2D eigenvalue weighted by Gasteiger charge is -2.18. The molecule has 20 heavy (non-hydrogen) atoms. The molecule has 2 nitrogen and oxygen atoms in total. The first-order chi connectivity index (χ1) is 9.49. The van der Waals surface area contributed by atoms with E-state index in [-0.39, 0.29) is 0 Å². The lowest BCUT2D eigenvalue weighted by atomic mass is 9.94. The minimum Gasteiger partial charge on any atom is -0.457 e. The van der Waals surface area contributed by atoms with E-state index in [0.29, 0.717) is 11.8 Å². The summed E-state index contributed by atoms with van der Waals surface area (Å²) in [6, 6.07) is 14.0. The van der Waals surface area contributed by atoms with Gasteiger partial charge in [-0.2, -0.15) is 0 Å². The second-order valence-electron chi connectivity index (χ2n) is 5.74. The van der Waals surface area contributed by atoms with Crippen molar-refractivity contribution in [2.75, 3.05) is 5.73 Å². The van der Waals surface area contributed by atoms with Crippen LogP contribution in [-0.4, -0.2) is 0 Å². The summed E-state index contributed by atoms with van der Waals surface area (Å²) in [5.74, 6) is 2.52. The van der Waals surface area contributed by atoms with Crippen LogP contribution in [0.5, 0.6) is 11.5 Å². The van der Waals surface area contributed by atoms with Crippen molar-refractivity contribution in [3.63, 3.8) is 0 Å². The molecule has 0 spiro atoms. The molecule has 0 aliphatic heterocycles. The van der Waals surface area contributed by atoms with E-state index >= 15 is 0 Å². The van der Waals surface area contributed by atoms with Gasteiger partial charge in [0, 0.05) is 5.69 Å². The van der Waals surface area contributed by atoms with Crippen molar-refractivity contribution < 1.29 is 4.74 Å². The van der Waals surface area contributed by atoms with Gasteiger partial charge in [0.25, 0.3) is 0 Å². The Bertz CT molecular complexity index is 573. The van der Waals surface area contributed by atoms with Crippen LogP contribution < -0.4 is 10.5 Å². The number of para-hydroxylation sites is 1. The molecule has 0 aromatic heterocycles. The van der Waals surface area contributed by atoms with E-state index in [0.717, 1.165) is 28.3 Å². The first-order valence-electron chi connectivity index (χ1n) is 7.15. The number of anilines is 1. The molecule has 0 saturated heterocycles. The Balaban J connectivity index is 2.46. The van der Waals surface area contributed by atoms with Crippen LogP contribution in [0, 0.1) is 0 Å². The predicted octanol–water partition coefficient (Wildman–Crippen LogP) is 5.31. The number of hydrogen-bond donors (Lipinski definition) is 1. The van der Waals surface area contributed by atoms with Crippen LogP contribution in [0.25, 0.3) is 0 Å². The van der Waals surface area contributed by atoms with Gasteiger partial charge in [-0.1, -0.05) is 45.9 Å². The van der Waals surface area contributed by atoms with E-state index in [9.17, 15) is 0 Å². The third-order valence-electron chi connectivity index (χ3n) is 3.43. The highest BCUT2D eigenvalue weighted by Gasteiger charge is 2.14. The molecule has 0 unspecified atom stereocenters. The Morgan fingerprint density at radius 3 is 2.00 bits per heavy atom. The second kappa shape index (κ2) is 6.00. The summed E-state index contributed by atoms with van der Waals surface area (Å²) in [6.07, 6.45) is 0. The molecule has 0 saturated carbocycles. The monoisotopic (exact) mass is 269 g/mol. The Morgan fingerprint density at radius 2 is 1.45 bits per heavy atom. The molecule has 2 rings (SSSR count). The lowest BCUT2D eigenvalue weighted by Crippen LogP contribution is -2.02. The van der Waals surface area contributed by atoms with Crippen molar-refractivity contribution in [2.45, 2.75) is 39.5 Å². The first-order valence-corrected chi connectivity index (χ1v) is 7.15. The number of ether oxygens (including phenoxy) is 1. The third kappa shape index (κ3) is 3.13. The maximum atomic E-state index is 6.17. The van der Waals surface area contributed by atoms with Crippen molar-refractivity contribution in [1.82, 2.24) is 0 Å². The lowest BCUT2D eigenvalue weighted by molar-refractivity contribution is 0.472. The van der Waals surface area contributed by atoms with Crippen LogP contribution in [0.15, 0.2) is 42.5 Å². The molecule has 2 aromatic carbocycles. The Hall–Kier alpha value is -1.96. The van der Waals surface area contributed by atoms with Crippen molar-refractivity contribution in [2.24, 2.45) is 0 Å². The standard InChI is InChI=1S/C18H23NO/c1-12(2)15-11-18(16(13(3)4)10-17(15)19)20-14-8-6-5-7-9-14/h5-13H,19H2,1-4H3. The minimum atomic E-state index is 0.372. The summed E-state index contributed by atoms with van der Waals surface area (Å²) in [4.78, 5) is 0. The van der Waals surface area contributed by atoms with Gasteiger partial charge in [0.05, 0.1) is 0 Å². The molecule has 0 heterocycles. The molecule has 0 aliphatic rings. The summed E-state index contributed by atoms with van der Waals surface area (Å²) in [7, 11) is 0. The SMILES string of the molecule is CC(C)c1cc(Oc2ccccc2)c(C(C)C)cc1N. The largest absolute Gasteiger partial charge is 0.457 e. The number of nitrogen functional groups attached to an aromatic ring is 1. The summed E-state index contributed by atoms with van der Waals surface area (Å²) >= 11 is 0.